The molecule has 2 aliphatic heterocycles. The zero-order valence-electron chi connectivity index (χ0n) is 18.0. The van der Waals surface area contributed by atoms with Crippen molar-refractivity contribution in [1.82, 2.24) is 10.3 Å². The lowest BCUT2D eigenvalue weighted by atomic mass is 9.75. The Morgan fingerprint density at radius 3 is 2.30 bits per heavy atom. The van der Waals surface area contributed by atoms with Crippen molar-refractivity contribution in [2.24, 2.45) is 11.8 Å². The summed E-state index contributed by atoms with van der Waals surface area (Å²) >= 11 is 0. The molecule has 4 unspecified atom stereocenters. The van der Waals surface area contributed by atoms with Crippen LogP contribution in [0.15, 0.2) is 79.0 Å². The van der Waals surface area contributed by atoms with Gasteiger partial charge in [0, 0.05) is 6.20 Å². The number of rotatable bonds is 5. The van der Waals surface area contributed by atoms with Gasteiger partial charge in [0.15, 0.2) is 5.54 Å². The number of hydrogen-bond acceptors (Lipinski definition) is 5. The van der Waals surface area contributed by atoms with Gasteiger partial charge in [-0.25, -0.2) is 9.69 Å². The van der Waals surface area contributed by atoms with Gasteiger partial charge >= 0.3 is 5.97 Å². The molecule has 3 aromatic rings. The number of nitrogens with zero attached hydrogens (tertiary/aromatic N) is 2. The van der Waals surface area contributed by atoms with Crippen molar-refractivity contribution in [1.29, 1.82) is 0 Å². The van der Waals surface area contributed by atoms with Gasteiger partial charge in [0.2, 0.25) is 11.8 Å². The number of carboxylic acid groups (broad SMARTS) is 1. The molecule has 5 rings (SSSR count). The Kier molecular flexibility index (Phi) is 5.06. The van der Waals surface area contributed by atoms with Gasteiger partial charge in [-0.2, -0.15) is 0 Å². The van der Waals surface area contributed by atoms with E-state index in [1.54, 1.807) is 66.9 Å². The summed E-state index contributed by atoms with van der Waals surface area (Å²) in [6, 6.07) is 20.4. The van der Waals surface area contributed by atoms with Gasteiger partial charge in [0.1, 0.15) is 0 Å². The molecule has 0 bridgehead atoms. The van der Waals surface area contributed by atoms with Gasteiger partial charge in [-0.05, 0) is 41.8 Å². The fourth-order valence-electron chi connectivity index (χ4n) is 5.14. The largest absolute Gasteiger partial charge is 0.480 e. The smallest absolute Gasteiger partial charge is 0.329 e. The Bertz CT molecular complexity index is 1210. The molecule has 2 aliphatic rings. The normalized spacial score (nSPS) is 26.5. The molecule has 0 saturated carbocycles. The van der Waals surface area contributed by atoms with E-state index in [4.69, 9.17) is 0 Å². The summed E-state index contributed by atoms with van der Waals surface area (Å²) in [6.45, 7) is 2.02. The SMILES string of the molecule is CCc1ccc(N2C(=O)C3C(c4ccccn4)NC(C(=O)O)(c4ccccc4)C3C2=O)cc1. The minimum atomic E-state index is -1.76. The first-order valence-electron chi connectivity index (χ1n) is 10.9. The van der Waals surface area contributed by atoms with E-state index in [1.165, 1.54) is 0 Å². The molecular weight excluding hydrogens is 418 g/mol. The number of benzene rings is 2. The summed E-state index contributed by atoms with van der Waals surface area (Å²) in [5, 5.41) is 13.7. The Labute approximate surface area is 191 Å². The van der Waals surface area contributed by atoms with E-state index in [0.717, 1.165) is 16.9 Å². The molecule has 2 N–H and O–H groups in total. The standard InChI is InChI=1S/C26H23N3O4/c1-2-16-11-13-18(14-12-16)29-23(30)20-21(24(29)31)26(25(32)33,17-8-4-3-5-9-17)28-22(20)19-10-6-7-15-27-19/h3-15,20-22,28H,2H2,1H3,(H,32,33). The van der Waals surface area contributed by atoms with Crippen LogP contribution in [0.2, 0.25) is 0 Å². The zero-order chi connectivity index (χ0) is 23.2. The highest BCUT2D eigenvalue weighted by atomic mass is 16.4. The van der Waals surface area contributed by atoms with Crippen LogP contribution in [0.1, 0.15) is 29.8 Å². The predicted molar refractivity (Wildman–Crippen MR) is 121 cm³/mol. The number of aryl methyl sites for hydroxylation is 1. The van der Waals surface area contributed by atoms with Crippen LogP contribution in [0.3, 0.4) is 0 Å². The summed E-state index contributed by atoms with van der Waals surface area (Å²) in [6.07, 6.45) is 2.42. The minimum Gasteiger partial charge on any atom is -0.480 e. The van der Waals surface area contributed by atoms with E-state index in [1.807, 2.05) is 19.1 Å². The first-order chi connectivity index (χ1) is 16.0. The van der Waals surface area contributed by atoms with E-state index in [0.29, 0.717) is 16.9 Å². The van der Waals surface area contributed by atoms with E-state index in [2.05, 4.69) is 10.3 Å². The molecule has 166 valence electrons. The second-order valence-corrected chi connectivity index (χ2v) is 8.39. The molecule has 0 aliphatic carbocycles. The molecule has 1 aromatic heterocycles. The number of pyridine rings is 1. The van der Waals surface area contributed by atoms with Crippen molar-refractivity contribution in [3.8, 4) is 0 Å². The van der Waals surface area contributed by atoms with Crippen LogP contribution in [0.4, 0.5) is 5.69 Å². The van der Waals surface area contributed by atoms with Gasteiger partial charge < -0.3 is 5.11 Å². The highest BCUT2D eigenvalue weighted by Crippen LogP contribution is 2.53. The van der Waals surface area contributed by atoms with Gasteiger partial charge in [-0.1, -0.05) is 55.5 Å². The van der Waals surface area contributed by atoms with E-state index in [9.17, 15) is 19.5 Å². The average molecular weight is 441 g/mol. The van der Waals surface area contributed by atoms with Gasteiger partial charge in [-0.15, -0.1) is 0 Å². The molecule has 4 atom stereocenters. The fourth-order valence-corrected chi connectivity index (χ4v) is 5.14. The number of nitrogens with one attached hydrogen (secondary N) is 1. The number of aromatic nitrogens is 1. The summed E-state index contributed by atoms with van der Waals surface area (Å²) in [5.74, 6) is -4.17. The summed E-state index contributed by atoms with van der Waals surface area (Å²) in [5.41, 5.74) is 0.712. The van der Waals surface area contributed by atoms with Gasteiger partial charge in [0.25, 0.3) is 0 Å². The van der Waals surface area contributed by atoms with Crippen LogP contribution in [0.25, 0.3) is 0 Å². The molecule has 2 saturated heterocycles. The Morgan fingerprint density at radius 2 is 1.70 bits per heavy atom. The highest BCUT2D eigenvalue weighted by Gasteiger charge is 2.69. The van der Waals surface area contributed by atoms with Crippen LogP contribution in [0, 0.1) is 11.8 Å². The third-order valence-corrected chi connectivity index (χ3v) is 6.74. The third kappa shape index (κ3) is 3.08. The number of imide groups is 1. The summed E-state index contributed by atoms with van der Waals surface area (Å²) in [7, 11) is 0. The second kappa shape index (κ2) is 7.94. The Morgan fingerprint density at radius 1 is 1.00 bits per heavy atom. The molecule has 7 heteroatoms. The van der Waals surface area contributed by atoms with Crippen molar-refractivity contribution in [3.63, 3.8) is 0 Å². The topological polar surface area (TPSA) is 99.6 Å². The van der Waals surface area contributed by atoms with Crippen molar-refractivity contribution < 1.29 is 19.5 Å². The Balaban J connectivity index is 1.69. The zero-order valence-corrected chi connectivity index (χ0v) is 18.0. The number of carbonyl (C=O) groups excluding carboxylic acids is 2. The lowest BCUT2D eigenvalue weighted by Gasteiger charge is -2.31. The molecule has 33 heavy (non-hydrogen) atoms. The van der Waals surface area contributed by atoms with Crippen LogP contribution >= 0.6 is 0 Å². The maximum Gasteiger partial charge on any atom is 0.329 e. The molecule has 0 radical (unpaired) electrons. The molecule has 3 heterocycles. The summed E-state index contributed by atoms with van der Waals surface area (Å²) in [4.78, 5) is 45.9. The van der Waals surface area contributed by atoms with Crippen molar-refractivity contribution in [3.05, 3.63) is 95.8 Å². The predicted octanol–water partition coefficient (Wildman–Crippen LogP) is 3.07. The Hall–Kier alpha value is -3.84. The lowest BCUT2D eigenvalue weighted by molar-refractivity contribution is -0.149. The van der Waals surface area contributed by atoms with Crippen molar-refractivity contribution in [2.45, 2.75) is 24.9 Å². The van der Waals surface area contributed by atoms with Crippen LogP contribution in [-0.2, 0) is 26.3 Å². The minimum absolute atomic E-state index is 0.420. The van der Waals surface area contributed by atoms with Gasteiger partial charge in [-0.3, -0.25) is 19.9 Å². The number of fused-ring (bicyclic) bond motifs is 1. The summed E-state index contributed by atoms with van der Waals surface area (Å²) < 4.78 is 0. The highest BCUT2D eigenvalue weighted by molar-refractivity contribution is 6.24. The van der Waals surface area contributed by atoms with Crippen LogP contribution in [0.5, 0.6) is 0 Å². The van der Waals surface area contributed by atoms with Crippen molar-refractivity contribution in [2.75, 3.05) is 4.90 Å². The van der Waals surface area contributed by atoms with Crippen LogP contribution < -0.4 is 10.2 Å². The van der Waals surface area contributed by atoms with E-state index in [-0.39, 0.29) is 0 Å². The first-order valence-corrected chi connectivity index (χ1v) is 10.9. The van der Waals surface area contributed by atoms with Gasteiger partial charge in [0.05, 0.1) is 29.3 Å². The number of carboxylic acids is 1. The molecular formula is C26H23N3O4. The number of anilines is 1. The molecule has 2 amide bonds. The molecule has 0 spiro atoms. The number of aliphatic carboxylic acids is 1. The quantitative estimate of drug-likeness (QED) is 0.591. The molecule has 2 aromatic carbocycles. The monoisotopic (exact) mass is 441 g/mol. The molecule has 2 fully saturated rings. The average Bonchev–Trinajstić information content (AvgIpc) is 3.35. The fraction of sp³-hybridized carbons (Fsp3) is 0.231. The first kappa shape index (κ1) is 21.0. The lowest BCUT2D eigenvalue weighted by Crippen LogP contribution is -2.53. The second-order valence-electron chi connectivity index (χ2n) is 8.39. The number of amides is 2. The maximum atomic E-state index is 13.8. The third-order valence-electron chi connectivity index (χ3n) is 6.74. The number of hydrogen-bond donors (Lipinski definition) is 2. The van der Waals surface area contributed by atoms with Crippen LogP contribution in [-0.4, -0.2) is 27.9 Å². The molecule has 7 nitrogen and oxygen atoms in total. The van der Waals surface area contributed by atoms with E-state index < -0.39 is 41.2 Å². The van der Waals surface area contributed by atoms with Crippen molar-refractivity contribution >= 4 is 23.5 Å². The van der Waals surface area contributed by atoms with E-state index >= 15 is 0 Å². The maximum absolute atomic E-state index is 13.8. The number of carbonyl (C=O) groups is 3.